The highest BCUT2D eigenvalue weighted by molar-refractivity contribution is 6.42. The molecular formula is C35H40Cl2N2O6. The maximum atomic E-state index is 14.0. The van der Waals surface area contributed by atoms with Gasteiger partial charge in [0.05, 0.1) is 50.6 Å². The number of methoxy groups -OCH3 is 3. The maximum absolute atomic E-state index is 14.0. The fourth-order valence-electron chi connectivity index (χ4n) is 7.48. The van der Waals surface area contributed by atoms with Gasteiger partial charge in [-0.1, -0.05) is 53.5 Å². The van der Waals surface area contributed by atoms with Crippen LogP contribution < -0.4 is 14.2 Å². The van der Waals surface area contributed by atoms with Crippen molar-refractivity contribution in [2.75, 3.05) is 60.7 Å². The molecule has 1 N–H and O–H groups in total. The van der Waals surface area contributed by atoms with Crippen molar-refractivity contribution >= 4 is 29.1 Å². The molecule has 10 heteroatoms. The number of rotatable bonds is 8. The molecular weight excluding hydrogens is 615 g/mol. The number of morpholine rings is 1. The Morgan fingerprint density at radius 3 is 2.33 bits per heavy atom. The quantitative estimate of drug-likeness (QED) is 0.332. The Morgan fingerprint density at radius 1 is 0.956 bits per heavy atom. The summed E-state index contributed by atoms with van der Waals surface area (Å²) in [5, 5.41) is 12.0. The topological polar surface area (TPSA) is 80.7 Å². The van der Waals surface area contributed by atoms with Crippen molar-refractivity contribution in [2.24, 2.45) is 0 Å². The molecule has 6 rings (SSSR count). The smallest absolute Gasteiger partial charge is 0.254 e. The van der Waals surface area contributed by atoms with Crippen LogP contribution in [0.1, 0.15) is 46.3 Å². The second kappa shape index (κ2) is 13.0. The van der Waals surface area contributed by atoms with Crippen LogP contribution in [0.25, 0.3) is 0 Å². The van der Waals surface area contributed by atoms with Crippen molar-refractivity contribution in [1.29, 1.82) is 0 Å². The first-order chi connectivity index (χ1) is 21.7. The number of hydrogen-bond acceptors (Lipinski definition) is 7. The third kappa shape index (κ3) is 5.87. The lowest BCUT2D eigenvalue weighted by Gasteiger charge is -2.46. The van der Waals surface area contributed by atoms with E-state index < -0.39 is 5.60 Å². The monoisotopic (exact) mass is 654 g/mol. The molecule has 0 saturated carbocycles. The van der Waals surface area contributed by atoms with Gasteiger partial charge in [0.1, 0.15) is 5.60 Å². The molecule has 2 aliphatic heterocycles. The summed E-state index contributed by atoms with van der Waals surface area (Å²) >= 11 is 12.8. The van der Waals surface area contributed by atoms with E-state index in [1.807, 2.05) is 17.0 Å². The average Bonchev–Trinajstić information content (AvgIpc) is 3.34. The normalized spacial score (nSPS) is 22.7. The van der Waals surface area contributed by atoms with Crippen molar-refractivity contribution in [2.45, 2.75) is 42.8 Å². The fourth-order valence-corrected chi connectivity index (χ4v) is 7.78. The number of hydrogen-bond donors (Lipinski definition) is 1. The number of aliphatic hydroxyl groups is 1. The number of benzene rings is 3. The van der Waals surface area contributed by atoms with E-state index in [9.17, 15) is 9.90 Å². The van der Waals surface area contributed by atoms with Crippen molar-refractivity contribution in [3.05, 3.63) is 86.9 Å². The highest BCUT2D eigenvalue weighted by Gasteiger charge is 2.48. The van der Waals surface area contributed by atoms with Crippen LogP contribution >= 0.6 is 23.2 Å². The highest BCUT2D eigenvalue weighted by Crippen LogP contribution is 2.47. The molecule has 1 aliphatic carbocycles. The number of halogens is 2. The Morgan fingerprint density at radius 2 is 1.67 bits per heavy atom. The highest BCUT2D eigenvalue weighted by atomic mass is 35.5. The van der Waals surface area contributed by atoms with Gasteiger partial charge in [0, 0.05) is 24.1 Å². The van der Waals surface area contributed by atoms with Crippen LogP contribution in [-0.4, -0.2) is 87.6 Å². The standard InChI is InChI=1S/C35H40Cl2N2O6/c1-42-29-18-24(19-30(43-2)32(29)44-3)33(41)39-16-17-45-35(22-39,25-8-9-27(36)28(37)21-25)12-15-38-13-10-34(11-14-38)26-7-5-4-6-23(26)20-31(34)40/h4-9,18-19,21,31,40H,10-17,20,22H2,1-3H3/t31-,35+/m1/s1. The molecule has 0 aromatic heterocycles. The van der Waals surface area contributed by atoms with Crippen LogP contribution in [-0.2, 0) is 22.2 Å². The zero-order valence-corrected chi connectivity index (χ0v) is 27.5. The number of piperidine rings is 1. The molecule has 2 heterocycles. The van der Waals surface area contributed by atoms with Crippen LogP contribution in [0.5, 0.6) is 17.2 Å². The van der Waals surface area contributed by atoms with Gasteiger partial charge in [-0.2, -0.15) is 0 Å². The van der Waals surface area contributed by atoms with Crippen molar-refractivity contribution in [3.8, 4) is 17.2 Å². The summed E-state index contributed by atoms with van der Waals surface area (Å²) in [4.78, 5) is 18.3. The number of nitrogens with zero attached hydrogens (tertiary/aromatic N) is 2. The molecule has 0 radical (unpaired) electrons. The van der Waals surface area contributed by atoms with E-state index in [0.29, 0.717) is 59.0 Å². The maximum Gasteiger partial charge on any atom is 0.254 e. The zero-order chi connectivity index (χ0) is 31.8. The lowest BCUT2D eigenvalue weighted by Crippen LogP contribution is -2.54. The Bertz CT molecular complexity index is 1530. The summed E-state index contributed by atoms with van der Waals surface area (Å²) in [5.74, 6) is 1.11. The van der Waals surface area contributed by atoms with Gasteiger partial charge in [0.25, 0.3) is 5.91 Å². The van der Waals surface area contributed by atoms with E-state index >= 15 is 0 Å². The number of aliphatic hydroxyl groups excluding tert-OH is 1. The molecule has 0 unspecified atom stereocenters. The van der Waals surface area contributed by atoms with Gasteiger partial charge in [-0.3, -0.25) is 4.79 Å². The van der Waals surface area contributed by atoms with Gasteiger partial charge in [-0.25, -0.2) is 0 Å². The number of carbonyl (C=O) groups excluding carboxylic acids is 1. The van der Waals surface area contributed by atoms with Gasteiger partial charge < -0.3 is 33.9 Å². The molecule has 1 spiro atoms. The lowest BCUT2D eigenvalue weighted by atomic mass is 9.72. The van der Waals surface area contributed by atoms with E-state index in [1.54, 1.807) is 18.2 Å². The third-order valence-electron chi connectivity index (χ3n) is 10.0. The predicted octanol–water partition coefficient (Wildman–Crippen LogP) is 5.73. The van der Waals surface area contributed by atoms with E-state index in [1.165, 1.54) is 32.5 Å². The Balaban J connectivity index is 1.23. The van der Waals surface area contributed by atoms with Crippen LogP contribution in [0.15, 0.2) is 54.6 Å². The van der Waals surface area contributed by atoms with Gasteiger partial charge in [-0.05, 0) is 79.7 Å². The number of likely N-dealkylation sites (tertiary alicyclic amines) is 1. The molecule has 1 amide bonds. The molecule has 240 valence electrons. The van der Waals surface area contributed by atoms with Crippen LogP contribution in [0.3, 0.4) is 0 Å². The molecule has 2 atom stereocenters. The van der Waals surface area contributed by atoms with Crippen LogP contribution in [0, 0.1) is 0 Å². The molecule has 2 saturated heterocycles. The Labute approximate surface area is 274 Å². The lowest BCUT2D eigenvalue weighted by molar-refractivity contribution is -0.114. The van der Waals surface area contributed by atoms with E-state index in [4.69, 9.17) is 42.1 Å². The largest absolute Gasteiger partial charge is 0.493 e. The van der Waals surface area contributed by atoms with Crippen LogP contribution in [0.4, 0.5) is 0 Å². The number of fused-ring (bicyclic) bond motifs is 2. The number of ether oxygens (including phenoxy) is 4. The Kier molecular flexibility index (Phi) is 9.24. The first-order valence-corrected chi connectivity index (χ1v) is 16.2. The molecule has 3 aliphatic rings. The molecule has 0 bridgehead atoms. The number of carbonyl (C=O) groups is 1. The molecule has 3 aromatic rings. The first-order valence-electron chi connectivity index (χ1n) is 15.4. The summed E-state index contributed by atoms with van der Waals surface area (Å²) < 4.78 is 23.1. The summed E-state index contributed by atoms with van der Waals surface area (Å²) in [6.45, 7) is 3.64. The van der Waals surface area contributed by atoms with E-state index in [0.717, 1.165) is 44.5 Å². The Hall–Kier alpha value is -3.01. The van der Waals surface area contributed by atoms with Crippen molar-refractivity contribution in [3.63, 3.8) is 0 Å². The molecule has 2 fully saturated rings. The van der Waals surface area contributed by atoms with Gasteiger partial charge >= 0.3 is 0 Å². The van der Waals surface area contributed by atoms with E-state index in [2.05, 4.69) is 29.2 Å². The van der Waals surface area contributed by atoms with E-state index in [-0.39, 0.29) is 17.4 Å². The van der Waals surface area contributed by atoms with Gasteiger partial charge in [-0.15, -0.1) is 0 Å². The summed E-state index contributed by atoms with van der Waals surface area (Å²) in [6.07, 6.45) is 2.82. The second-order valence-corrected chi connectivity index (χ2v) is 13.1. The number of amides is 1. The minimum Gasteiger partial charge on any atom is -0.493 e. The summed E-state index contributed by atoms with van der Waals surface area (Å²) in [7, 11) is 4.60. The first kappa shape index (κ1) is 32.0. The molecule has 45 heavy (non-hydrogen) atoms. The predicted molar refractivity (Wildman–Crippen MR) is 174 cm³/mol. The SMILES string of the molecule is COc1cc(C(=O)N2CCO[C@](CCN3CCC4(CC3)c3ccccc3C[C@H]4O)(c3ccc(Cl)c(Cl)c3)C2)cc(OC)c1OC. The third-order valence-corrected chi connectivity index (χ3v) is 10.8. The summed E-state index contributed by atoms with van der Waals surface area (Å²) in [5.41, 5.74) is 2.92. The van der Waals surface area contributed by atoms with Gasteiger partial charge in [0.2, 0.25) is 5.75 Å². The second-order valence-electron chi connectivity index (χ2n) is 12.2. The molecule has 8 nitrogen and oxygen atoms in total. The fraction of sp³-hybridized carbons (Fsp3) is 0.457. The minimum atomic E-state index is -0.794. The van der Waals surface area contributed by atoms with Crippen molar-refractivity contribution in [1.82, 2.24) is 9.80 Å². The average molecular weight is 656 g/mol. The summed E-state index contributed by atoms with van der Waals surface area (Å²) in [6, 6.07) is 17.4. The molecule has 3 aromatic carbocycles. The zero-order valence-electron chi connectivity index (χ0n) is 26.0. The van der Waals surface area contributed by atoms with Gasteiger partial charge in [0.15, 0.2) is 11.5 Å². The van der Waals surface area contributed by atoms with Crippen molar-refractivity contribution < 1.29 is 28.8 Å². The minimum absolute atomic E-state index is 0.157. The van der Waals surface area contributed by atoms with Crippen LogP contribution in [0.2, 0.25) is 10.0 Å².